The standard InChI is InChI=1S/C24H23BrN2O3S/c1-29-18-8-5-6-16(12-18)15-27-19-14-23(25)31-22(19)13-20(27)24(28)26-11-10-17-7-3-4-9-21(17)30-2/h3-9,12-14H,10-11,15H2,1-2H3,(H,26,28). The van der Waals surface area contributed by atoms with Crippen molar-refractivity contribution in [3.05, 3.63) is 81.3 Å². The van der Waals surface area contributed by atoms with Crippen molar-refractivity contribution >= 4 is 43.4 Å². The number of hydrogen-bond acceptors (Lipinski definition) is 4. The molecule has 0 saturated carbocycles. The van der Waals surface area contributed by atoms with Gasteiger partial charge in [-0.3, -0.25) is 4.79 Å². The monoisotopic (exact) mass is 498 g/mol. The fraction of sp³-hybridized carbons (Fsp3) is 0.208. The van der Waals surface area contributed by atoms with Gasteiger partial charge in [-0.25, -0.2) is 0 Å². The fourth-order valence-electron chi connectivity index (χ4n) is 3.63. The van der Waals surface area contributed by atoms with Crippen molar-refractivity contribution in [2.75, 3.05) is 20.8 Å². The van der Waals surface area contributed by atoms with Crippen molar-refractivity contribution in [3.8, 4) is 11.5 Å². The van der Waals surface area contributed by atoms with Gasteiger partial charge >= 0.3 is 0 Å². The zero-order valence-electron chi connectivity index (χ0n) is 17.4. The van der Waals surface area contributed by atoms with Crippen molar-refractivity contribution < 1.29 is 14.3 Å². The van der Waals surface area contributed by atoms with Gasteiger partial charge in [0, 0.05) is 13.1 Å². The Morgan fingerprint density at radius 3 is 2.71 bits per heavy atom. The Labute approximate surface area is 193 Å². The van der Waals surface area contributed by atoms with Crippen molar-refractivity contribution in [3.63, 3.8) is 0 Å². The van der Waals surface area contributed by atoms with Gasteiger partial charge in [-0.05, 0) is 63.8 Å². The van der Waals surface area contributed by atoms with Crippen molar-refractivity contribution in [2.24, 2.45) is 0 Å². The van der Waals surface area contributed by atoms with Crippen LogP contribution in [-0.2, 0) is 13.0 Å². The Hall–Kier alpha value is -2.77. The van der Waals surface area contributed by atoms with E-state index >= 15 is 0 Å². The van der Waals surface area contributed by atoms with E-state index in [1.54, 1.807) is 25.6 Å². The minimum atomic E-state index is -0.0858. The number of carbonyl (C=O) groups excluding carboxylic acids is 1. The summed E-state index contributed by atoms with van der Waals surface area (Å²) in [6.45, 7) is 1.11. The molecule has 0 saturated heterocycles. The predicted octanol–water partition coefficient (Wildman–Crippen LogP) is 5.50. The third-order valence-corrected chi connectivity index (χ3v) is 6.71. The highest BCUT2D eigenvalue weighted by Crippen LogP contribution is 2.33. The molecule has 0 atom stereocenters. The number of halogens is 1. The molecule has 1 amide bonds. The van der Waals surface area contributed by atoms with Crippen molar-refractivity contribution in [1.82, 2.24) is 9.88 Å². The molecule has 0 spiro atoms. The Bertz CT molecular complexity index is 1210. The lowest BCUT2D eigenvalue weighted by molar-refractivity contribution is 0.0945. The van der Waals surface area contributed by atoms with Crippen molar-refractivity contribution in [2.45, 2.75) is 13.0 Å². The molecule has 1 N–H and O–H groups in total. The molecule has 4 aromatic rings. The second-order valence-corrected chi connectivity index (χ2v) is 9.55. The summed E-state index contributed by atoms with van der Waals surface area (Å²) in [5.74, 6) is 1.55. The Morgan fingerprint density at radius 1 is 1.06 bits per heavy atom. The maximum absolute atomic E-state index is 13.1. The van der Waals surface area contributed by atoms with Crippen LogP contribution in [0.5, 0.6) is 11.5 Å². The van der Waals surface area contributed by atoms with Crippen LogP contribution in [0.4, 0.5) is 0 Å². The van der Waals surface area contributed by atoms with Gasteiger partial charge in [-0.2, -0.15) is 0 Å². The average Bonchev–Trinajstić information content (AvgIpc) is 3.31. The molecular weight excluding hydrogens is 476 g/mol. The van der Waals surface area contributed by atoms with Crippen LogP contribution in [0, 0.1) is 0 Å². The van der Waals surface area contributed by atoms with E-state index in [-0.39, 0.29) is 5.91 Å². The molecule has 2 aromatic carbocycles. The fourth-order valence-corrected chi connectivity index (χ4v) is 5.20. The molecule has 31 heavy (non-hydrogen) atoms. The van der Waals surface area contributed by atoms with Crippen LogP contribution in [0.25, 0.3) is 10.2 Å². The number of para-hydroxylation sites is 1. The van der Waals surface area contributed by atoms with E-state index in [1.165, 1.54) is 0 Å². The zero-order valence-corrected chi connectivity index (χ0v) is 19.8. The van der Waals surface area contributed by atoms with Crippen molar-refractivity contribution in [1.29, 1.82) is 0 Å². The Morgan fingerprint density at radius 2 is 1.90 bits per heavy atom. The first kappa shape index (κ1) is 21.5. The number of ether oxygens (including phenoxy) is 2. The number of nitrogens with zero attached hydrogens (tertiary/aromatic N) is 1. The largest absolute Gasteiger partial charge is 0.497 e. The number of nitrogens with one attached hydrogen (secondary N) is 1. The molecule has 0 radical (unpaired) electrons. The molecule has 0 aliphatic rings. The Kier molecular flexibility index (Phi) is 6.63. The number of amides is 1. The molecule has 0 bridgehead atoms. The summed E-state index contributed by atoms with van der Waals surface area (Å²) in [5.41, 5.74) is 3.83. The van der Waals surface area contributed by atoms with E-state index < -0.39 is 0 Å². The summed E-state index contributed by atoms with van der Waals surface area (Å²) in [4.78, 5) is 13.1. The normalized spacial score (nSPS) is 10.9. The quantitative estimate of drug-likeness (QED) is 0.348. The topological polar surface area (TPSA) is 52.5 Å². The SMILES string of the molecule is COc1cccc(Cn2c(C(=O)NCCc3ccccc3OC)cc3sc(Br)cc32)c1. The highest BCUT2D eigenvalue weighted by atomic mass is 79.9. The van der Waals surface area contributed by atoms with E-state index in [0.717, 1.165) is 36.6 Å². The van der Waals surface area contributed by atoms with Gasteiger partial charge in [0.05, 0.1) is 28.2 Å². The molecule has 4 rings (SSSR count). The number of hydrogen-bond donors (Lipinski definition) is 1. The maximum Gasteiger partial charge on any atom is 0.267 e. The second kappa shape index (κ2) is 9.58. The molecule has 2 aromatic heterocycles. The molecule has 0 aliphatic heterocycles. The Balaban J connectivity index is 1.55. The maximum atomic E-state index is 13.1. The summed E-state index contributed by atoms with van der Waals surface area (Å²) in [7, 11) is 3.32. The third kappa shape index (κ3) is 4.78. The van der Waals surface area contributed by atoms with Gasteiger partial charge in [-0.1, -0.05) is 30.3 Å². The van der Waals surface area contributed by atoms with Crippen LogP contribution in [0.3, 0.4) is 0 Å². The van der Waals surface area contributed by atoms with Crippen LogP contribution in [0.1, 0.15) is 21.6 Å². The number of methoxy groups -OCH3 is 2. The number of thiophene rings is 1. The van der Waals surface area contributed by atoms with E-state index in [0.29, 0.717) is 25.2 Å². The predicted molar refractivity (Wildman–Crippen MR) is 129 cm³/mol. The third-order valence-electron chi connectivity index (χ3n) is 5.14. The average molecular weight is 499 g/mol. The molecule has 2 heterocycles. The highest BCUT2D eigenvalue weighted by molar-refractivity contribution is 9.11. The minimum absolute atomic E-state index is 0.0858. The lowest BCUT2D eigenvalue weighted by Crippen LogP contribution is -2.28. The summed E-state index contributed by atoms with van der Waals surface area (Å²) in [6, 6.07) is 19.8. The number of fused-ring (bicyclic) bond motifs is 1. The molecule has 5 nitrogen and oxygen atoms in total. The summed E-state index contributed by atoms with van der Waals surface area (Å²) >= 11 is 5.18. The van der Waals surface area contributed by atoms with E-state index in [2.05, 4.69) is 31.9 Å². The van der Waals surface area contributed by atoms with Crippen LogP contribution < -0.4 is 14.8 Å². The zero-order chi connectivity index (χ0) is 21.8. The second-order valence-electron chi connectivity index (χ2n) is 7.09. The van der Waals surface area contributed by atoms with Crippen LogP contribution in [-0.4, -0.2) is 31.2 Å². The van der Waals surface area contributed by atoms with E-state index in [9.17, 15) is 4.79 Å². The molecule has 160 valence electrons. The molecule has 0 aliphatic carbocycles. The van der Waals surface area contributed by atoms with Gasteiger partial charge in [0.15, 0.2) is 0 Å². The number of rotatable bonds is 8. The number of carbonyl (C=O) groups is 1. The van der Waals surface area contributed by atoms with E-state index in [4.69, 9.17) is 9.47 Å². The molecule has 0 unspecified atom stereocenters. The first-order valence-electron chi connectivity index (χ1n) is 9.90. The minimum Gasteiger partial charge on any atom is -0.497 e. The van der Waals surface area contributed by atoms with Gasteiger partial charge in [0.1, 0.15) is 17.2 Å². The van der Waals surface area contributed by atoms with Gasteiger partial charge in [0.25, 0.3) is 5.91 Å². The number of aromatic nitrogens is 1. The molecule has 0 fully saturated rings. The van der Waals surface area contributed by atoms with E-state index in [1.807, 2.05) is 54.6 Å². The molecular formula is C24H23BrN2O3S. The van der Waals surface area contributed by atoms with Crippen LogP contribution in [0.15, 0.2) is 64.5 Å². The van der Waals surface area contributed by atoms with Crippen LogP contribution in [0.2, 0.25) is 0 Å². The molecule has 7 heteroatoms. The van der Waals surface area contributed by atoms with Gasteiger partial charge in [-0.15, -0.1) is 11.3 Å². The lowest BCUT2D eigenvalue weighted by atomic mass is 10.1. The summed E-state index contributed by atoms with van der Waals surface area (Å²) in [5, 5.41) is 3.07. The number of benzene rings is 2. The summed E-state index contributed by atoms with van der Waals surface area (Å²) < 4.78 is 14.9. The first-order valence-corrected chi connectivity index (χ1v) is 11.5. The summed E-state index contributed by atoms with van der Waals surface area (Å²) in [6.07, 6.45) is 0.701. The van der Waals surface area contributed by atoms with Crippen LogP contribution >= 0.6 is 27.3 Å². The van der Waals surface area contributed by atoms with Gasteiger partial charge < -0.3 is 19.4 Å². The first-order chi connectivity index (χ1) is 15.1. The van der Waals surface area contributed by atoms with Gasteiger partial charge in [0.2, 0.25) is 0 Å². The highest BCUT2D eigenvalue weighted by Gasteiger charge is 2.18. The lowest BCUT2D eigenvalue weighted by Gasteiger charge is -2.12. The smallest absolute Gasteiger partial charge is 0.267 e.